The molecule has 1 aromatic carbocycles. The molecule has 1 saturated carbocycles. The summed E-state index contributed by atoms with van der Waals surface area (Å²) >= 11 is 0. The predicted octanol–water partition coefficient (Wildman–Crippen LogP) is 2.46. The molecule has 0 amide bonds. The Morgan fingerprint density at radius 1 is 1.22 bits per heavy atom. The molecule has 1 aliphatic carbocycles. The van der Waals surface area contributed by atoms with Gasteiger partial charge in [0.25, 0.3) is 0 Å². The van der Waals surface area contributed by atoms with Gasteiger partial charge in [-0.15, -0.1) is 0 Å². The first kappa shape index (κ1) is 12.9. The SMILES string of the molecule is CCNC(=NCc1ccc(C)cc1)NCC1CC1. The molecule has 98 valence electrons. The summed E-state index contributed by atoms with van der Waals surface area (Å²) in [7, 11) is 0. The van der Waals surface area contributed by atoms with Crippen molar-refractivity contribution in [2.75, 3.05) is 13.1 Å². The molecule has 0 aromatic heterocycles. The molecule has 0 unspecified atom stereocenters. The maximum absolute atomic E-state index is 4.61. The Bertz CT molecular complexity index is 391. The number of nitrogens with one attached hydrogen (secondary N) is 2. The second-order valence-electron chi connectivity index (χ2n) is 5.01. The smallest absolute Gasteiger partial charge is 0.191 e. The lowest BCUT2D eigenvalue weighted by Crippen LogP contribution is -2.38. The average Bonchev–Trinajstić information content (AvgIpc) is 3.19. The zero-order valence-corrected chi connectivity index (χ0v) is 11.4. The van der Waals surface area contributed by atoms with Crippen molar-refractivity contribution in [3.63, 3.8) is 0 Å². The van der Waals surface area contributed by atoms with Crippen molar-refractivity contribution < 1.29 is 0 Å². The number of aryl methyl sites for hydroxylation is 1. The molecule has 0 radical (unpaired) electrons. The number of nitrogens with zero attached hydrogens (tertiary/aromatic N) is 1. The van der Waals surface area contributed by atoms with E-state index in [1.54, 1.807) is 0 Å². The minimum absolute atomic E-state index is 0.736. The minimum atomic E-state index is 0.736. The van der Waals surface area contributed by atoms with Crippen LogP contribution in [0, 0.1) is 12.8 Å². The molecule has 1 aromatic rings. The fourth-order valence-electron chi connectivity index (χ4n) is 1.77. The van der Waals surface area contributed by atoms with E-state index in [-0.39, 0.29) is 0 Å². The maximum atomic E-state index is 4.61. The second kappa shape index (κ2) is 6.43. The Morgan fingerprint density at radius 2 is 1.94 bits per heavy atom. The van der Waals surface area contributed by atoms with E-state index < -0.39 is 0 Å². The first-order valence-corrected chi connectivity index (χ1v) is 6.85. The zero-order valence-electron chi connectivity index (χ0n) is 11.4. The van der Waals surface area contributed by atoms with E-state index in [4.69, 9.17) is 0 Å². The van der Waals surface area contributed by atoms with Crippen LogP contribution in [0.5, 0.6) is 0 Å². The lowest BCUT2D eigenvalue weighted by Gasteiger charge is -2.10. The molecule has 3 nitrogen and oxygen atoms in total. The van der Waals surface area contributed by atoms with Gasteiger partial charge in [0, 0.05) is 13.1 Å². The monoisotopic (exact) mass is 245 g/mol. The van der Waals surface area contributed by atoms with E-state index in [9.17, 15) is 0 Å². The number of hydrogen-bond acceptors (Lipinski definition) is 1. The number of aliphatic imine (C=N–C) groups is 1. The molecule has 0 aliphatic heterocycles. The summed E-state index contributed by atoms with van der Waals surface area (Å²) in [5, 5.41) is 6.69. The fraction of sp³-hybridized carbons (Fsp3) is 0.533. The van der Waals surface area contributed by atoms with Gasteiger partial charge in [-0.2, -0.15) is 0 Å². The van der Waals surface area contributed by atoms with Crippen LogP contribution in [0.2, 0.25) is 0 Å². The van der Waals surface area contributed by atoms with Crippen molar-refractivity contribution >= 4 is 5.96 Å². The van der Waals surface area contributed by atoms with Crippen molar-refractivity contribution in [3.8, 4) is 0 Å². The van der Waals surface area contributed by atoms with Gasteiger partial charge in [-0.3, -0.25) is 0 Å². The largest absolute Gasteiger partial charge is 0.357 e. The van der Waals surface area contributed by atoms with Gasteiger partial charge in [0.2, 0.25) is 0 Å². The van der Waals surface area contributed by atoms with Gasteiger partial charge in [0.15, 0.2) is 5.96 Å². The molecule has 0 bridgehead atoms. The number of rotatable bonds is 5. The Morgan fingerprint density at radius 3 is 2.56 bits per heavy atom. The van der Waals surface area contributed by atoms with E-state index in [0.29, 0.717) is 0 Å². The van der Waals surface area contributed by atoms with Crippen molar-refractivity contribution in [2.45, 2.75) is 33.2 Å². The van der Waals surface area contributed by atoms with Gasteiger partial charge < -0.3 is 10.6 Å². The van der Waals surface area contributed by atoms with E-state index >= 15 is 0 Å². The molecule has 2 N–H and O–H groups in total. The molecular formula is C15H23N3. The van der Waals surface area contributed by atoms with Gasteiger partial charge in [-0.1, -0.05) is 29.8 Å². The first-order valence-electron chi connectivity index (χ1n) is 6.85. The minimum Gasteiger partial charge on any atom is -0.357 e. The third-order valence-corrected chi connectivity index (χ3v) is 3.14. The molecule has 3 heteroatoms. The maximum Gasteiger partial charge on any atom is 0.191 e. The molecule has 0 heterocycles. The summed E-state index contributed by atoms with van der Waals surface area (Å²) in [5.74, 6) is 1.80. The van der Waals surface area contributed by atoms with Crippen LogP contribution in [-0.4, -0.2) is 19.0 Å². The molecule has 0 spiro atoms. The highest BCUT2D eigenvalue weighted by Crippen LogP contribution is 2.27. The van der Waals surface area contributed by atoms with Gasteiger partial charge in [0.05, 0.1) is 6.54 Å². The Labute approximate surface area is 110 Å². The quantitative estimate of drug-likeness (QED) is 0.617. The highest BCUT2D eigenvalue weighted by molar-refractivity contribution is 5.79. The lowest BCUT2D eigenvalue weighted by atomic mass is 10.1. The van der Waals surface area contributed by atoms with Crippen molar-refractivity contribution in [3.05, 3.63) is 35.4 Å². The summed E-state index contributed by atoms with van der Waals surface area (Å²) in [6.45, 7) is 6.90. The van der Waals surface area contributed by atoms with Gasteiger partial charge in [-0.25, -0.2) is 4.99 Å². The highest BCUT2D eigenvalue weighted by Gasteiger charge is 2.20. The number of benzene rings is 1. The van der Waals surface area contributed by atoms with Crippen molar-refractivity contribution in [1.29, 1.82) is 0 Å². The Kier molecular flexibility index (Phi) is 4.62. The molecule has 0 saturated heterocycles. The normalized spacial score (nSPS) is 15.6. The molecule has 0 atom stereocenters. The third-order valence-electron chi connectivity index (χ3n) is 3.14. The highest BCUT2D eigenvalue weighted by atomic mass is 15.2. The first-order chi connectivity index (χ1) is 8.78. The van der Waals surface area contributed by atoms with Gasteiger partial charge in [-0.05, 0) is 38.2 Å². The second-order valence-corrected chi connectivity index (χ2v) is 5.01. The van der Waals surface area contributed by atoms with Crippen LogP contribution in [0.4, 0.5) is 0 Å². The van der Waals surface area contributed by atoms with Crippen LogP contribution >= 0.6 is 0 Å². The van der Waals surface area contributed by atoms with Crippen LogP contribution in [0.25, 0.3) is 0 Å². The standard InChI is InChI=1S/C15H23N3/c1-3-16-15(18-11-14-8-9-14)17-10-13-6-4-12(2)5-7-13/h4-7,14H,3,8-11H2,1-2H3,(H2,16,17,18). The fourth-order valence-corrected chi connectivity index (χ4v) is 1.77. The van der Waals surface area contributed by atoms with Crippen LogP contribution in [0.15, 0.2) is 29.3 Å². The van der Waals surface area contributed by atoms with Crippen molar-refractivity contribution in [2.24, 2.45) is 10.9 Å². The number of guanidine groups is 1. The Balaban J connectivity index is 1.87. The average molecular weight is 245 g/mol. The molecule has 1 fully saturated rings. The summed E-state index contributed by atoms with van der Waals surface area (Å²) in [6.07, 6.45) is 2.73. The molecular weight excluding hydrogens is 222 g/mol. The van der Waals surface area contributed by atoms with E-state index in [0.717, 1.165) is 31.5 Å². The predicted molar refractivity (Wildman–Crippen MR) is 76.7 cm³/mol. The van der Waals surface area contributed by atoms with Crippen molar-refractivity contribution in [1.82, 2.24) is 10.6 Å². The van der Waals surface area contributed by atoms with Crippen LogP contribution in [0.3, 0.4) is 0 Å². The van der Waals surface area contributed by atoms with Crippen LogP contribution < -0.4 is 10.6 Å². The molecule has 1 aliphatic rings. The topological polar surface area (TPSA) is 36.4 Å². The summed E-state index contributed by atoms with van der Waals surface area (Å²) < 4.78 is 0. The number of hydrogen-bond donors (Lipinski definition) is 2. The van der Waals surface area contributed by atoms with E-state index in [2.05, 4.69) is 53.7 Å². The Hall–Kier alpha value is -1.51. The zero-order chi connectivity index (χ0) is 12.8. The van der Waals surface area contributed by atoms with E-state index in [1.165, 1.54) is 24.0 Å². The van der Waals surface area contributed by atoms with Gasteiger partial charge >= 0.3 is 0 Å². The summed E-state index contributed by atoms with van der Waals surface area (Å²) in [5.41, 5.74) is 2.55. The van der Waals surface area contributed by atoms with Crippen LogP contribution in [0.1, 0.15) is 30.9 Å². The summed E-state index contributed by atoms with van der Waals surface area (Å²) in [6, 6.07) is 8.55. The third kappa shape index (κ3) is 4.40. The van der Waals surface area contributed by atoms with E-state index in [1.807, 2.05) is 0 Å². The van der Waals surface area contributed by atoms with Gasteiger partial charge in [0.1, 0.15) is 0 Å². The molecule has 2 rings (SSSR count). The summed E-state index contributed by atoms with van der Waals surface area (Å²) in [4.78, 5) is 4.61. The van der Waals surface area contributed by atoms with Crippen LogP contribution in [-0.2, 0) is 6.54 Å². The molecule has 18 heavy (non-hydrogen) atoms. The lowest BCUT2D eigenvalue weighted by molar-refractivity contribution is 0.739.